The van der Waals surface area contributed by atoms with Crippen LogP contribution in [0, 0.1) is 13.8 Å². The third kappa shape index (κ3) is 5.39. The van der Waals surface area contributed by atoms with Crippen LogP contribution in [-0.4, -0.2) is 16.1 Å². The SMILES string of the molecule is CCCCc1ccc(NC(=O)C(CC)Sc2cc(C)c3cccc(C)c3n2)cc1. The van der Waals surface area contributed by atoms with Gasteiger partial charge in [0.2, 0.25) is 5.91 Å². The molecule has 0 saturated carbocycles. The molecule has 1 unspecified atom stereocenters. The smallest absolute Gasteiger partial charge is 0.237 e. The lowest BCUT2D eigenvalue weighted by Gasteiger charge is -2.16. The van der Waals surface area contributed by atoms with Crippen LogP contribution >= 0.6 is 11.8 Å². The predicted molar refractivity (Wildman–Crippen MR) is 125 cm³/mol. The van der Waals surface area contributed by atoms with E-state index in [2.05, 4.69) is 62.5 Å². The largest absolute Gasteiger partial charge is 0.325 e. The number of fused-ring (bicyclic) bond motifs is 1. The Morgan fingerprint density at radius 3 is 2.52 bits per heavy atom. The topological polar surface area (TPSA) is 42.0 Å². The average Bonchev–Trinajstić information content (AvgIpc) is 2.72. The van der Waals surface area contributed by atoms with Gasteiger partial charge in [-0.25, -0.2) is 4.98 Å². The van der Waals surface area contributed by atoms with E-state index >= 15 is 0 Å². The molecule has 3 rings (SSSR count). The summed E-state index contributed by atoms with van der Waals surface area (Å²) < 4.78 is 0. The summed E-state index contributed by atoms with van der Waals surface area (Å²) >= 11 is 1.54. The number of thioether (sulfide) groups is 1. The molecule has 3 nitrogen and oxygen atoms in total. The van der Waals surface area contributed by atoms with Gasteiger partial charge in [-0.1, -0.05) is 62.4 Å². The second-order valence-corrected chi connectivity index (χ2v) is 8.78. The van der Waals surface area contributed by atoms with E-state index < -0.39 is 0 Å². The van der Waals surface area contributed by atoms with Gasteiger partial charge in [0, 0.05) is 11.1 Å². The summed E-state index contributed by atoms with van der Waals surface area (Å²) in [4.78, 5) is 17.7. The first-order valence-electron chi connectivity index (χ1n) is 10.4. The number of nitrogens with one attached hydrogen (secondary N) is 1. The lowest BCUT2D eigenvalue weighted by molar-refractivity contribution is -0.115. The Bertz CT molecular complexity index is 982. The number of hydrogen-bond acceptors (Lipinski definition) is 3. The number of aromatic nitrogens is 1. The lowest BCUT2D eigenvalue weighted by atomic mass is 10.1. The fourth-order valence-electron chi connectivity index (χ4n) is 3.42. The zero-order valence-electron chi connectivity index (χ0n) is 17.8. The molecule has 0 radical (unpaired) electrons. The highest BCUT2D eigenvalue weighted by molar-refractivity contribution is 8.00. The standard InChI is InChI=1S/C25H30N2OS/c1-5-7-10-19-12-14-20(15-13-19)26-25(28)22(6-2)29-23-16-18(4)21-11-8-9-17(3)24(21)27-23/h8-9,11-16,22H,5-7,10H2,1-4H3,(H,26,28). The van der Waals surface area contributed by atoms with Crippen LogP contribution in [0.2, 0.25) is 0 Å². The molecule has 152 valence electrons. The Balaban J connectivity index is 1.72. The minimum atomic E-state index is -0.178. The summed E-state index contributed by atoms with van der Waals surface area (Å²) in [5.74, 6) is 0.0307. The van der Waals surface area contributed by atoms with Crippen LogP contribution in [0.4, 0.5) is 5.69 Å². The number of rotatable bonds is 8. The molecule has 1 amide bonds. The maximum absolute atomic E-state index is 12.9. The fraction of sp³-hybridized carbons (Fsp3) is 0.360. The van der Waals surface area contributed by atoms with Gasteiger partial charge in [0.15, 0.2) is 0 Å². The summed E-state index contributed by atoms with van der Waals surface area (Å²) in [7, 11) is 0. The van der Waals surface area contributed by atoms with Gasteiger partial charge in [-0.2, -0.15) is 0 Å². The third-order valence-corrected chi connectivity index (χ3v) is 6.47. The van der Waals surface area contributed by atoms with E-state index in [-0.39, 0.29) is 11.2 Å². The average molecular weight is 407 g/mol. The van der Waals surface area contributed by atoms with Crippen LogP contribution in [0.3, 0.4) is 0 Å². The molecule has 0 aliphatic heterocycles. The molecule has 0 saturated heterocycles. The van der Waals surface area contributed by atoms with Gasteiger partial charge in [-0.05, 0) is 68.0 Å². The summed E-state index contributed by atoms with van der Waals surface area (Å²) in [6.45, 7) is 8.43. The van der Waals surface area contributed by atoms with Crippen LogP contribution < -0.4 is 5.32 Å². The van der Waals surface area contributed by atoms with Gasteiger partial charge in [0.1, 0.15) is 0 Å². The van der Waals surface area contributed by atoms with Crippen molar-refractivity contribution in [3.63, 3.8) is 0 Å². The van der Waals surface area contributed by atoms with Crippen LogP contribution in [0.5, 0.6) is 0 Å². The van der Waals surface area contributed by atoms with Gasteiger partial charge in [0.05, 0.1) is 15.8 Å². The van der Waals surface area contributed by atoms with Gasteiger partial charge in [0.25, 0.3) is 0 Å². The highest BCUT2D eigenvalue weighted by Gasteiger charge is 2.19. The van der Waals surface area contributed by atoms with Crippen molar-refractivity contribution in [3.05, 3.63) is 65.2 Å². The molecule has 0 bridgehead atoms. The van der Waals surface area contributed by atoms with Crippen molar-refractivity contribution in [2.75, 3.05) is 5.32 Å². The van der Waals surface area contributed by atoms with Gasteiger partial charge < -0.3 is 5.32 Å². The van der Waals surface area contributed by atoms with Crippen LogP contribution in [-0.2, 0) is 11.2 Å². The number of anilines is 1. The molecule has 1 N–H and O–H groups in total. The number of unbranched alkanes of at least 4 members (excludes halogenated alkanes) is 1. The van der Waals surface area contributed by atoms with Crippen molar-refractivity contribution in [2.45, 2.75) is 63.7 Å². The van der Waals surface area contributed by atoms with E-state index in [4.69, 9.17) is 4.98 Å². The first-order chi connectivity index (χ1) is 14.0. The zero-order chi connectivity index (χ0) is 20.8. The highest BCUT2D eigenvalue weighted by Crippen LogP contribution is 2.30. The molecule has 0 fully saturated rings. The van der Waals surface area contributed by atoms with E-state index in [1.165, 1.54) is 29.4 Å². The second kappa shape index (κ2) is 9.93. The van der Waals surface area contributed by atoms with Gasteiger partial charge >= 0.3 is 0 Å². The Morgan fingerprint density at radius 1 is 1.07 bits per heavy atom. The summed E-state index contributed by atoms with van der Waals surface area (Å²) in [6.07, 6.45) is 4.22. The molecule has 3 aromatic rings. The first kappa shape index (κ1) is 21.4. The van der Waals surface area contributed by atoms with Crippen molar-refractivity contribution in [2.24, 2.45) is 0 Å². The number of amides is 1. The van der Waals surface area contributed by atoms with Gasteiger partial charge in [-0.15, -0.1) is 0 Å². The summed E-state index contributed by atoms with van der Waals surface area (Å²) in [6, 6.07) is 16.6. The number of aryl methyl sites for hydroxylation is 3. The van der Waals surface area contributed by atoms with Crippen molar-refractivity contribution >= 4 is 34.3 Å². The van der Waals surface area contributed by atoms with Crippen molar-refractivity contribution in [3.8, 4) is 0 Å². The fourth-order valence-corrected chi connectivity index (χ4v) is 4.43. The van der Waals surface area contributed by atoms with Crippen LogP contribution in [0.15, 0.2) is 53.6 Å². The molecule has 1 heterocycles. The number of nitrogens with zero attached hydrogens (tertiary/aromatic N) is 1. The van der Waals surface area contributed by atoms with E-state index in [1.54, 1.807) is 11.8 Å². The van der Waals surface area contributed by atoms with Crippen molar-refractivity contribution < 1.29 is 4.79 Å². The van der Waals surface area contributed by atoms with E-state index in [9.17, 15) is 4.79 Å². The normalized spacial score (nSPS) is 12.1. The predicted octanol–water partition coefficient (Wildman–Crippen LogP) is 6.70. The number of carbonyl (C=O) groups is 1. The number of benzene rings is 2. The summed E-state index contributed by atoms with van der Waals surface area (Å²) in [5.41, 5.74) is 5.55. The van der Waals surface area contributed by atoms with Gasteiger partial charge in [-0.3, -0.25) is 4.79 Å². The zero-order valence-corrected chi connectivity index (χ0v) is 18.6. The molecule has 4 heteroatoms. The lowest BCUT2D eigenvalue weighted by Crippen LogP contribution is -2.24. The number of para-hydroxylation sites is 1. The minimum Gasteiger partial charge on any atom is -0.325 e. The first-order valence-corrected chi connectivity index (χ1v) is 11.3. The molecule has 1 aromatic heterocycles. The second-order valence-electron chi connectivity index (χ2n) is 7.55. The molecule has 29 heavy (non-hydrogen) atoms. The molecule has 0 aliphatic carbocycles. The summed E-state index contributed by atoms with van der Waals surface area (Å²) in [5, 5.41) is 4.97. The molecule has 0 spiro atoms. The molecule has 0 aliphatic rings. The van der Waals surface area contributed by atoms with Crippen molar-refractivity contribution in [1.29, 1.82) is 0 Å². The maximum Gasteiger partial charge on any atom is 0.237 e. The molecule has 2 aromatic carbocycles. The third-order valence-electron chi connectivity index (χ3n) is 5.19. The van der Waals surface area contributed by atoms with E-state index in [0.29, 0.717) is 0 Å². The highest BCUT2D eigenvalue weighted by atomic mass is 32.2. The van der Waals surface area contributed by atoms with Crippen LogP contribution in [0.1, 0.15) is 49.8 Å². The van der Waals surface area contributed by atoms with Crippen LogP contribution in [0.25, 0.3) is 10.9 Å². The quantitative estimate of drug-likeness (QED) is 0.423. The Labute approximate surface area is 178 Å². The molecular weight excluding hydrogens is 376 g/mol. The van der Waals surface area contributed by atoms with Crippen molar-refractivity contribution in [1.82, 2.24) is 4.98 Å². The molecular formula is C25H30N2OS. The van der Waals surface area contributed by atoms with E-state index in [1.807, 2.05) is 19.1 Å². The monoisotopic (exact) mass is 406 g/mol. The number of hydrogen-bond donors (Lipinski definition) is 1. The Morgan fingerprint density at radius 2 is 1.83 bits per heavy atom. The maximum atomic E-state index is 12.9. The van der Waals surface area contributed by atoms with E-state index in [0.717, 1.165) is 34.6 Å². The molecule has 1 atom stereocenters. The Hall–Kier alpha value is -2.33. The number of pyridine rings is 1. The minimum absolute atomic E-state index is 0.0307. The Kier molecular flexibility index (Phi) is 7.32. The number of carbonyl (C=O) groups excluding carboxylic acids is 1.